The Bertz CT molecular complexity index is 1040. The first-order valence-electron chi connectivity index (χ1n) is 8.24. The van der Waals surface area contributed by atoms with E-state index in [1.54, 1.807) is 18.3 Å². The number of H-pyrrole nitrogens is 1. The number of hydrogen-bond donors (Lipinski definition) is 2. The third-order valence-electron chi connectivity index (χ3n) is 3.91. The van der Waals surface area contributed by atoms with Crippen LogP contribution in [0.4, 0.5) is 10.1 Å². The molecule has 26 heavy (non-hydrogen) atoms. The molecule has 0 saturated carbocycles. The van der Waals surface area contributed by atoms with Crippen molar-refractivity contribution in [3.8, 4) is 11.5 Å². The summed E-state index contributed by atoms with van der Waals surface area (Å²) >= 11 is 0. The van der Waals surface area contributed by atoms with Gasteiger partial charge in [-0.3, -0.25) is 4.98 Å². The Hall–Kier alpha value is -3.41. The highest BCUT2D eigenvalue weighted by Gasteiger charge is 2.06. The second-order valence-corrected chi connectivity index (χ2v) is 5.96. The summed E-state index contributed by atoms with van der Waals surface area (Å²) in [5, 5.41) is 3.32. The monoisotopic (exact) mass is 348 g/mol. The Labute approximate surface area is 149 Å². The molecule has 2 N–H and O–H groups in total. The Morgan fingerprint density at radius 1 is 1.04 bits per heavy atom. The largest absolute Gasteiger partial charge is 0.457 e. The van der Waals surface area contributed by atoms with Crippen LogP contribution in [0.3, 0.4) is 0 Å². The number of aromatic amines is 1. The van der Waals surface area contributed by atoms with E-state index in [2.05, 4.69) is 20.3 Å². The van der Waals surface area contributed by atoms with Crippen molar-refractivity contribution < 1.29 is 9.13 Å². The first-order valence-corrected chi connectivity index (χ1v) is 8.24. The summed E-state index contributed by atoms with van der Waals surface area (Å²) in [7, 11) is 0. The summed E-state index contributed by atoms with van der Waals surface area (Å²) < 4.78 is 18.7. The molecular weight excluding hydrogens is 331 g/mol. The van der Waals surface area contributed by atoms with Crippen LogP contribution in [0.1, 0.15) is 11.5 Å². The average Bonchev–Trinajstić information content (AvgIpc) is 3.04. The van der Waals surface area contributed by atoms with Crippen LogP contribution in [-0.2, 0) is 6.54 Å². The van der Waals surface area contributed by atoms with Crippen LogP contribution in [0.25, 0.3) is 11.0 Å². The second kappa shape index (κ2) is 6.84. The number of nitrogens with one attached hydrogen (secondary N) is 2. The third-order valence-corrected chi connectivity index (χ3v) is 3.91. The first-order chi connectivity index (χ1) is 12.7. The van der Waals surface area contributed by atoms with Gasteiger partial charge in [-0.2, -0.15) is 0 Å². The summed E-state index contributed by atoms with van der Waals surface area (Å²) in [6.45, 7) is 2.53. The van der Waals surface area contributed by atoms with E-state index >= 15 is 0 Å². The van der Waals surface area contributed by atoms with E-state index in [9.17, 15) is 4.39 Å². The van der Waals surface area contributed by atoms with E-state index in [1.807, 2.05) is 37.3 Å². The van der Waals surface area contributed by atoms with Gasteiger partial charge in [-0.25, -0.2) is 9.37 Å². The lowest BCUT2D eigenvalue weighted by Crippen LogP contribution is -2.01. The number of aromatic nitrogens is 3. The lowest BCUT2D eigenvalue weighted by atomic mass is 10.3. The molecule has 0 amide bonds. The molecule has 5 nitrogen and oxygen atoms in total. The van der Waals surface area contributed by atoms with Crippen LogP contribution in [0.2, 0.25) is 0 Å². The van der Waals surface area contributed by atoms with E-state index < -0.39 is 0 Å². The molecule has 2 aromatic carbocycles. The van der Waals surface area contributed by atoms with Gasteiger partial charge >= 0.3 is 0 Å². The topological polar surface area (TPSA) is 62.8 Å². The predicted octanol–water partition coefficient (Wildman–Crippen LogP) is 4.81. The number of halogens is 1. The number of rotatable bonds is 5. The molecule has 0 saturated heterocycles. The Balaban J connectivity index is 1.49. The Morgan fingerprint density at radius 3 is 2.65 bits per heavy atom. The fourth-order valence-electron chi connectivity index (χ4n) is 2.67. The van der Waals surface area contributed by atoms with Crippen LogP contribution in [-0.4, -0.2) is 15.0 Å². The van der Waals surface area contributed by atoms with Crippen LogP contribution < -0.4 is 10.1 Å². The van der Waals surface area contributed by atoms with Crippen LogP contribution in [0, 0.1) is 12.7 Å². The number of benzene rings is 2. The van der Waals surface area contributed by atoms with Crippen molar-refractivity contribution in [2.45, 2.75) is 13.5 Å². The van der Waals surface area contributed by atoms with Crippen molar-refractivity contribution in [2.24, 2.45) is 0 Å². The minimum Gasteiger partial charge on any atom is -0.457 e. The Morgan fingerprint density at radius 2 is 1.85 bits per heavy atom. The van der Waals surface area contributed by atoms with Gasteiger partial charge in [0.25, 0.3) is 0 Å². The molecule has 0 aliphatic rings. The van der Waals surface area contributed by atoms with Crippen molar-refractivity contribution >= 4 is 16.7 Å². The number of nitrogens with zero attached hydrogens (tertiary/aromatic N) is 2. The minimum atomic E-state index is -0.290. The zero-order chi connectivity index (χ0) is 17.9. The second-order valence-electron chi connectivity index (χ2n) is 5.96. The van der Waals surface area contributed by atoms with E-state index in [-0.39, 0.29) is 5.82 Å². The van der Waals surface area contributed by atoms with Crippen LogP contribution in [0.5, 0.6) is 11.5 Å². The number of pyridine rings is 1. The van der Waals surface area contributed by atoms with Gasteiger partial charge in [0.2, 0.25) is 0 Å². The standard InChI is InChI=1S/C20H17FN4O/c1-13-10-15(8-9-22-13)23-12-20-24-18-7-6-17(11-19(18)25-20)26-16-4-2-14(21)3-5-16/h2-11H,12H2,1H3,(H,22,23)(H,24,25). The normalized spacial score (nSPS) is 10.8. The van der Waals surface area contributed by atoms with Gasteiger partial charge in [-0.1, -0.05) is 0 Å². The van der Waals surface area contributed by atoms with Crippen LogP contribution in [0.15, 0.2) is 60.8 Å². The van der Waals surface area contributed by atoms with Gasteiger partial charge in [0, 0.05) is 23.6 Å². The van der Waals surface area contributed by atoms with Crippen LogP contribution >= 0.6 is 0 Å². The lowest BCUT2D eigenvalue weighted by Gasteiger charge is -2.04. The van der Waals surface area contributed by atoms with E-state index in [0.29, 0.717) is 18.0 Å². The fraction of sp³-hybridized carbons (Fsp3) is 0.100. The predicted molar refractivity (Wildman–Crippen MR) is 98.9 cm³/mol. The fourth-order valence-corrected chi connectivity index (χ4v) is 2.67. The van der Waals surface area contributed by atoms with Crippen molar-refractivity contribution in [3.05, 3.63) is 78.1 Å². The Kier molecular flexibility index (Phi) is 4.23. The number of ether oxygens (including phenoxy) is 1. The van der Waals surface area contributed by atoms with Crippen molar-refractivity contribution in [1.82, 2.24) is 15.0 Å². The molecular formula is C20H17FN4O. The molecule has 0 unspecified atom stereocenters. The number of anilines is 1. The van der Waals surface area contributed by atoms with E-state index in [1.165, 1.54) is 12.1 Å². The molecule has 4 aromatic rings. The smallest absolute Gasteiger partial charge is 0.129 e. The molecule has 130 valence electrons. The van der Waals surface area contributed by atoms with Crippen molar-refractivity contribution in [3.63, 3.8) is 0 Å². The number of fused-ring (bicyclic) bond motifs is 1. The zero-order valence-electron chi connectivity index (χ0n) is 14.2. The highest BCUT2D eigenvalue weighted by Crippen LogP contribution is 2.25. The molecule has 2 heterocycles. The van der Waals surface area contributed by atoms with Gasteiger partial charge in [0.1, 0.15) is 23.1 Å². The quantitative estimate of drug-likeness (QED) is 0.543. The van der Waals surface area contributed by atoms with Crippen molar-refractivity contribution in [1.29, 1.82) is 0 Å². The molecule has 0 spiro atoms. The van der Waals surface area contributed by atoms with Gasteiger partial charge in [0.15, 0.2) is 0 Å². The highest BCUT2D eigenvalue weighted by molar-refractivity contribution is 5.77. The van der Waals surface area contributed by atoms with Gasteiger partial charge in [-0.05, 0) is 55.5 Å². The summed E-state index contributed by atoms with van der Waals surface area (Å²) in [4.78, 5) is 12.1. The van der Waals surface area contributed by atoms with E-state index in [0.717, 1.165) is 28.2 Å². The molecule has 0 aliphatic heterocycles. The molecule has 0 fully saturated rings. The number of aryl methyl sites for hydroxylation is 1. The molecule has 0 atom stereocenters. The lowest BCUT2D eigenvalue weighted by molar-refractivity contribution is 0.481. The highest BCUT2D eigenvalue weighted by atomic mass is 19.1. The van der Waals surface area contributed by atoms with Gasteiger partial charge in [-0.15, -0.1) is 0 Å². The first kappa shape index (κ1) is 16.1. The van der Waals surface area contributed by atoms with Crippen molar-refractivity contribution in [2.75, 3.05) is 5.32 Å². The molecule has 4 rings (SSSR count). The SMILES string of the molecule is Cc1cc(NCc2nc3cc(Oc4ccc(F)cc4)ccc3[nH]2)ccn1. The zero-order valence-corrected chi connectivity index (χ0v) is 14.2. The third kappa shape index (κ3) is 3.64. The maximum absolute atomic E-state index is 13.0. The average molecular weight is 348 g/mol. The molecule has 2 aromatic heterocycles. The molecule has 6 heteroatoms. The molecule has 0 aliphatic carbocycles. The van der Waals surface area contributed by atoms with Gasteiger partial charge < -0.3 is 15.0 Å². The summed E-state index contributed by atoms with van der Waals surface area (Å²) in [5.74, 6) is 1.77. The summed E-state index contributed by atoms with van der Waals surface area (Å²) in [6.07, 6.45) is 1.77. The molecule has 0 bridgehead atoms. The maximum Gasteiger partial charge on any atom is 0.129 e. The number of hydrogen-bond acceptors (Lipinski definition) is 4. The summed E-state index contributed by atoms with van der Waals surface area (Å²) in [6, 6.07) is 15.5. The maximum atomic E-state index is 13.0. The van der Waals surface area contributed by atoms with Gasteiger partial charge in [0.05, 0.1) is 17.6 Å². The van der Waals surface area contributed by atoms with E-state index in [4.69, 9.17) is 4.74 Å². The minimum absolute atomic E-state index is 0.290. The summed E-state index contributed by atoms with van der Waals surface area (Å²) in [5.41, 5.74) is 3.70. The molecule has 0 radical (unpaired) electrons. The number of imidazole rings is 1.